The minimum absolute atomic E-state index is 0.0490. The van der Waals surface area contributed by atoms with E-state index in [0.29, 0.717) is 28.2 Å². The van der Waals surface area contributed by atoms with Crippen molar-refractivity contribution in [3.8, 4) is 0 Å². The fraction of sp³-hybridized carbons (Fsp3) is 0.414. The Hall–Kier alpha value is -2.56. The molecule has 1 amide bonds. The second-order valence-corrected chi connectivity index (χ2v) is 11.6. The zero-order valence-electron chi connectivity index (χ0n) is 22.4. The number of hydrogen-bond acceptors (Lipinski definition) is 8. The smallest absolute Gasteiger partial charge is 0.251 e. The molecule has 2 aliphatic heterocycles. The van der Waals surface area contributed by atoms with Gasteiger partial charge in [-0.1, -0.05) is 53.2 Å². The van der Waals surface area contributed by atoms with Crippen molar-refractivity contribution in [3.05, 3.63) is 75.9 Å². The molecule has 1 aromatic heterocycles. The number of halogens is 2. The maximum absolute atomic E-state index is 12.7. The number of anilines is 2. The fourth-order valence-electron chi connectivity index (χ4n) is 4.86. The number of piperazine rings is 1. The molecule has 2 saturated heterocycles. The molecule has 0 radical (unpaired) electrons. The maximum Gasteiger partial charge on any atom is 0.251 e. The number of benzene rings is 2. The lowest BCUT2D eigenvalue weighted by Crippen LogP contribution is -2.46. The first kappa shape index (κ1) is 29.0. The minimum atomic E-state index is -0.0490. The number of nitrogens with one attached hydrogen (secondary N) is 1. The number of thioether (sulfide) groups is 1. The van der Waals surface area contributed by atoms with Gasteiger partial charge in [0.1, 0.15) is 11.0 Å². The molecule has 3 aromatic rings. The minimum Gasteiger partial charge on any atom is -0.379 e. The summed E-state index contributed by atoms with van der Waals surface area (Å²) in [6.45, 7) is 8.53. The molecule has 5 rings (SSSR count). The van der Waals surface area contributed by atoms with Crippen LogP contribution >= 0.6 is 35.0 Å². The molecule has 2 fully saturated rings. The van der Waals surface area contributed by atoms with E-state index in [-0.39, 0.29) is 5.91 Å². The quantitative estimate of drug-likeness (QED) is 0.153. The standard InChI is InChI=1S/C29H34Cl2N6O2S/c30-24-6-2-7-25(19-24)36-10-12-37(13-11-36)27-20-26(31)33-29(34-27)40-21-22-4-1-5-23(18-22)28(38)32-8-3-9-35-14-16-39-17-15-35/h1-2,4-7,18-20H,3,8-17,21H2,(H,32,38). The second-order valence-electron chi connectivity index (χ2n) is 9.84. The Morgan fingerprint density at radius 1 is 0.925 bits per heavy atom. The van der Waals surface area contributed by atoms with Gasteiger partial charge in [0, 0.05) is 73.9 Å². The summed E-state index contributed by atoms with van der Waals surface area (Å²) in [5.41, 5.74) is 2.83. The number of carbonyl (C=O) groups excluding carboxylic acids is 1. The molecule has 2 aromatic carbocycles. The van der Waals surface area contributed by atoms with Crippen molar-refractivity contribution < 1.29 is 9.53 Å². The number of ether oxygens (including phenoxy) is 1. The van der Waals surface area contributed by atoms with Gasteiger partial charge in [-0.3, -0.25) is 9.69 Å². The number of morpholine rings is 1. The lowest BCUT2D eigenvalue weighted by Gasteiger charge is -2.36. The van der Waals surface area contributed by atoms with Crippen molar-refractivity contribution in [2.75, 3.05) is 75.4 Å². The summed E-state index contributed by atoms with van der Waals surface area (Å²) in [6, 6.07) is 17.5. The molecule has 0 atom stereocenters. The van der Waals surface area contributed by atoms with Gasteiger partial charge in [-0.05, 0) is 48.9 Å². The molecule has 2 aliphatic rings. The third-order valence-electron chi connectivity index (χ3n) is 7.04. The molecule has 8 nitrogen and oxygen atoms in total. The average Bonchev–Trinajstić information content (AvgIpc) is 2.99. The average molecular weight is 602 g/mol. The van der Waals surface area contributed by atoms with Crippen LogP contribution in [0, 0.1) is 0 Å². The second kappa shape index (κ2) is 14.4. The van der Waals surface area contributed by atoms with E-state index in [4.69, 9.17) is 32.9 Å². The molecule has 0 bridgehead atoms. The van der Waals surface area contributed by atoms with E-state index >= 15 is 0 Å². The van der Waals surface area contributed by atoms with Gasteiger partial charge in [0.15, 0.2) is 5.16 Å². The lowest BCUT2D eigenvalue weighted by molar-refractivity contribution is 0.0374. The summed E-state index contributed by atoms with van der Waals surface area (Å²) in [7, 11) is 0. The third-order valence-corrected chi connectivity index (χ3v) is 8.38. The normalized spacial score (nSPS) is 16.2. The van der Waals surface area contributed by atoms with Gasteiger partial charge in [0.05, 0.1) is 13.2 Å². The highest BCUT2D eigenvalue weighted by molar-refractivity contribution is 7.98. The summed E-state index contributed by atoms with van der Waals surface area (Å²) in [5, 5.41) is 4.84. The fourth-order valence-corrected chi connectivity index (χ4v) is 6.07. The summed E-state index contributed by atoms with van der Waals surface area (Å²) < 4.78 is 5.39. The van der Waals surface area contributed by atoms with Crippen LogP contribution in [0.2, 0.25) is 10.2 Å². The molecular weight excluding hydrogens is 567 g/mol. The Morgan fingerprint density at radius 2 is 1.70 bits per heavy atom. The first-order valence-electron chi connectivity index (χ1n) is 13.6. The Kier molecular flexibility index (Phi) is 10.4. The molecule has 1 N–H and O–H groups in total. The van der Waals surface area contributed by atoms with E-state index in [2.05, 4.69) is 31.1 Å². The van der Waals surface area contributed by atoms with E-state index in [0.717, 1.165) is 87.5 Å². The van der Waals surface area contributed by atoms with Gasteiger partial charge in [-0.2, -0.15) is 0 Å². The molecule has 0 aliphatic carbocycles. The molecule has 0 spiro atoms. The first-order chi connectivity index (χ1) is 19.5. The van der Waals surface area contributed by atoms with Crippen molar-refractivity contribution in [2.45, 2.75) is 17.3 Å². The van der Waals surface area contributed by atoms with Crippen LogP contribution in [-0.4, -0.2) is 86.3 Å². The Bertz CT molecular complexity index is 1280. The van der Waals surface area contributed by atoms with Crippen LogP contribution in [0.3, 0.4) is 0 Å². The highest BCUT2D eigenvalue weighted by Gasteiger charge is 2.20. The predicted octanol–water partition coefficient (Wildman–Crippen LogP) is 4.85. The lowest BCUT2D eigenvalue weighted by atomic mass is 10.1. The van der Waals surface area contributed by atoms with Gasteiger partial charge < -0.3 is 19.9 Å². The van der Waals surface area contributed by atoms with Crippen molar-refractivity contribution >= 4 is 52.4 Å². The van der Waals surface area contributed by atoms with Crippen LogP contribution in [0.5, 0.6) is 0 Å². The number of aromatic nitrogens is 2. The summed E-state index contributed by atoms with van der Waals surface area (Å²) in [5.74, 6) is 1.42. The van der Waals surface area contributed by atoms with Crippen LogP contribution < -0.4 is 15.1 Å². The van der Waals surface area contributed by atoms with Gasteiger partial charge >= 0.3 is 0 Å². The van der Waals surface area contributed by atoms with Crippen molar-refractivity contribution in [2.24, 2.45) is 0 Å². The van der Waals surface area contributed by atoms with E-state index < -0.39 is 0 Å². The summed E-state index contributed by atoms with van der Waals surface area (Å²) >= 11 is 14.1. The number of nitrogens with zero attached hydrogens (tertiary/aromatic N) is 5. The topological polar surface area (TPSA) is 73.8 Å². The Balaban J connectivity index is 1.11. The number of amides is 1. The zero-order chi connectivity index (χ0) is 27.7. The van der Waals surface area contributed by atoms with Crippen LogP contribution in [0.25, 0.3) is 0 Å². The van der Waals surface area contributed by atoms with E-state index in [9.17, 15) is 4.79 Å². The largest absolute Gasteiger partial charge is 0.379 e. The molecule has 0 saturated carbocycles. The van der Waals surface area contributed by atoms with Crippen LogP contribution in [-0.2, 0) is 10.5 Å². The summed E-state index contributed by atoms with van der Waals surface area (Å²) in [6.07, 6.45) is 0.922. The van der Waals surface area contributed by atoms with E-state index in [1.807, 2.05) is 48.5 Å². The molecule has 0 unspecified atom stereocenters. The van der Waals surface area contributed by atoms with Crippen LogP contribution in [0.1, 0.15) is 22.3 Å². The highest BCUT2D eigenvalue weighted by atomic mass is 35.5. The number of carbonyl (C=O) groups is 1. The molecule has 212 valence electrons. The first-order valence-corrected chi connectivity index (χ1v) is 15.4. The van der Waals surface area contributed by atoms with Crippen molar-refractivity contribution in [1.82, 2.24) is 20.2 Å². The van der Waals surface area contributed by atoms with Gasteiger partial charge in [0.25, 0.3) is 5.91 Å². The zero-order valence-corrected chi connectivity index (χ0v) is 24.7. The van der Waals surface area contributed by atoms with E-state index in [1.165, 1.54) is 11.8 Å². The van der Waals surface area contributed by atoms with Crippen LogP contribution in [0.15, 0.2) is 59.8 Å². The summed E-state index contributed by atoms with van der Waals surface area (Å²) in [4.78, 5) is 28.9. The predicted molar refractivity (Wildman–Crippen MR) is 163 cm³/mol. The SMILES string of the molecule is O=C(NCCCN1CCOCC1)c1cccc(CSc2nc(Cl)cc(N3CCN(c4cccc(Cl)c4)CC3)n2)c1. The molecule has 3 heterocycles. The Labute approximate surface area is 250 Å². The molecule has 11 heteroatoms. The van der Waals surface area contributed by atoms with Gasteiger partial charge in [-0.25, -0.2) is 9.97 Å². The van der Waals surface area contributed by atoms with Crippen molar-refractivity contribution in [3.63, 3.8) is 0 Å². The van der Waals surface area contributed by atoms with Crippen LogP contribution in [0.4, 0.5) is 11.5 Å². The molecule has 40 heavy (non-hydrogen) atoms. The Morgan fingerprint density at radius 3 is 2.50 bits per heavy atom. The van der Waals surface area contributed by atoms with Gasteiger partial charge in [0.2, 0.25) is 0 Å². The van der Waals surface area contributed by atoms with Crippen molar-refractivity contribution in [1.29, 1.82) is 0 Å². The monoisotopic (exact) mass is 600 g/mol. The number of rotatable bonds is 10. The van der Waals surface area contributed by atoms with Gasteiger partial charge in [-0.15, -0.1) is 0 Å². The third kappa shape index (κ3) is 8.24. The highest BCUT2D eigenvalue weighted by Crippen LogP contribution is 2.27. The van der Waals surface area contributed by atoms with E-state index in [1.54, 1.807) is 0 Å². The number of hydrogen-bond donors (Lipinski definition) is 1. The molecular formula is C29H34Cl2N6O2S. The maximum atomic E-state index is 12.7.